The van der Waals surface area contributed by atoms with Crippen molar-refractivity contribution in [3.63, 3.8) is 0 Å². The lowest BCUT2D eigenvalue weighted by Crippen LogP contribution is -2.36. The van der Waals surface area contributed by atoms with Crippen LogP contribution in [0.2, 0.25) is 5.02 Å². The van der Waals surface area contributed by atoms with Crippen molar-refractivity contribution >= 4 is 23.5 Å². The maximum Gasteiger partial charge on any atom is 0.325 e. The van der Waals surface area contributed by atoms with Crippen molar-refractivity contribution in [3.8, 4) is 0 Å². The fraction of sp³-hybridized carbons (Fsp3) is 0.417. The van der Waals surface area contributed by atoms with E-state index in [1.807, 2.05) is 0 Å². The maximum atomic E-state index is 12.1. The van der Waals surface area contributed by atoms with Crippen LogP contribution in [0.5, 0.6) is 0 Å². The van der Waals surface area contributed by atoms with Gasteiger partial charge >= 0.3 is 5.97 Å². The minimum Gasteiger partial charge on any atom is -0.465 e. The third kappa shape index (κ3) is 3.70. The average molecular weight is 271 g/mol. The summed E-state index contributed by atoms with van der Waals surface area (Å²) < 4.78 is 4.81. The Balaban J connectivity index is 2.80. The molecule has 6 heteroatoms. The van der Waals surface area contributed by atoms with Crippen molar-refractivity contribution < 1.29 is 14.3 Å². The molecule has 0 N–H and O–H groups in total. The minimum absolute atomic E-state index is 0.0889. The summed E-state index contributed by atoms with van der Waals surface area (Å²) in [5, 5.41) is 0.317. The monoisotopic (exact) mass is 270 g/mol. The van der Waals surface area contributed by atoms with Gasteiger partial charge in [0.05, 0.1) is 17.2 Å². The van der Waals surface area contributed by atoms with Crippen LogP contribution in [-0.4, -0.2) is 41.5 Å². The van der Waals surface area contributed by atoms with E-state index >= 15 is 0 Å². The molecule has 0 unspecified atom stereocenters. The summed E-state index contributed by atoms with van der Waals surface area (Å²) >= 11 is 5.91. The first-order chi connectivity index (χ1) is 8.60. The van der Waals surface area contributed by atoms with Gasteiger partial charge in [0.1, 0.15) is 6.54 Å². The minimum atomic E-state index is -0.437. The summed E-state index contributed by atoms with van der Waals surface area (Å²) in [6.07, 6.45) is 2.89. The van der Waals surface area contributed by atoms with Crippen LogP contribution in [0.4, 0.5) is 0 Å². The first-order valence-corrected chi connectivity index (χ1v) is 6.02. The van der Waals surface area contributed by atoms with Gasteiger partial charge in [-0.25, -0.2) is 0 Å². The highest BCUT2D eigenvalue weighted by molar-refractivity contribution is 6.33. The predicted octanol–water partition coefficient (Wildman–Crippen LogP) is 1.76. The second-order valence-corrected chi connectivity index (χ2v) is 3.89. The molecule has 18 heavy (non-hydrogen) atoms. The van der Waals surface area contributed by atoms with Gasteiger partial charge in [-0.05, 0) is 19.9 Å². The lowest BCUT2D eigenvalue weighted by Gasteiger charge is -2.20. The lowest BCUT2D eigenvalue weighted by atomic mass is 10.2. The summed E-state index contributed by atoms with van der Waals surface area (Å²) in [6, 6.07) is 1.53. The highest BCUT2D eigenvalue weighted by Crippen LogP contribution is 2.15. The number of halogens is 1. The van der Waals surface area contributed by atoms with Crippen molar-refractivity contribution in [1.82, 2.24) is 9.88 Å². The molecule has 1 amide bonds. The molecule has 0 bridgehead atoms. The number of carbonyl (C=O) groups is 2. The van der Waals surface area contributed by atoms with Crippen LogP contribution < -0.4 is 0 Å². The Kier molecular flexibility index (Phi) is 5.58. The molecule has 0 saturated heterocycles. The average Bonchev–Trinajstić information content (AvgIpc) is 2.36. The molecule has 0 aliphatic rings. The van der Waals surface area contributed by atoms with E-state index in [0.717, 1.165) is 0 Å². The van der Waals surface area contributed by atoms with Crippen LogP contribution >= 0.6 is 11.6 Å². The van der Waals surface area contributed by atoms with Crippen molar-refractivity contribution in [2.45, 2.75) is 13.8 Å². The maximum absolute atomic E-state index is 12.1. The van der Waals surface area contributed by atoms with Crippen LogP contribution in [0.15, 0.2) is 18.5 Å². The quantitative estimate of drug-likeness (QED) is 0.765. The molecule has 1 rings (SSSR count). The molecule has 0 aliphatic carbocycles. The molecule has 0 radical (unpaired) electrons. The number of amides is 1. The van der Waals surface area contributed by atoms with Gasteiger partial charge in [-0.1, -0.05) is 11.6 Å². The summed E-state index contributed by atoms with van der Waals surface area (Å²) in [6.45, 7) is 4.09. The van der Waals surface area contributed by atoms with Gasteiger partial charge in [-0.2, -0.15) is 0 Å². The summed E-state index contributed by atoms with van der Waals surface area (Å²) in [5.41, 5.74) is 0.283. The Labute approximate surface area is 111 Å². The van der Waals surface area contributed by atoms with Crippen LogP contribution in [0, 0.1) is 0 Å². The zero-order chi connectivity index (χ0) is 13.5. The number of aromatic nitrogens is 1. The van der Waals surface area contributed by atoms with E-state index in [2.05, 4.69) is 4.98 Å². The Morgan fingerprint density at radius 3 is 2.72 bits per heavy atom. The largest absolute Gasteiger partial charge is 0.465 e. The van der Waals surface area contributed by atoms with Gasteiger partial charge in [-0.3, -0.25) is 14.6 Å². The first kappa shape index (κ1) is 14.4. The number of carbonyl (C=O) groups excluding carboxylic acids is 2. The third-order valence-electron chi connectivity index (χ3n) is 2.29. The molecular weight excluding hydrogens is 256 g/mol. The third-order valence-corrected chi connectivity index (χ3v) is 2.62. The molecular formula is C12H15ClN2O3. The van der Waals surface area contributed by atoms with Gasteiger partial charge in [0.15, 0.2) is 0 Å². The van der Waals surface area contributed by atoms with E-state index in [0.29, 0.717) is 11.6 Å². The number of pyridine rings is 1. The molecule has 1 aromatic heterocycles. The zero-order valence-electron chi connectivity index (χ0n) is 10.4. The SMILES string of the molecule is CCOC(=O)CN(CC)C(=O)c1cnccc1Cl. The molecule has 98 valence electrons. The second kappa shape index (κ2) is 6.96. The molecule has 0 aliphatic heterocycles. The summed E-state index contributed by atoms with van der Waals surface area (Å²) in [4.78, 5) is 28.7. The Hall–Kier alpha value is -1.62. The van der Waals surface area contributed by atoms with Crippen LogP contribution in [0.25, 0.3) is 0 Å². The number of hydrogen-bond acceptors (Lipinski definition) is 4. The smallest absolute Gasteiger partial charge is 0.325 e. The number of rotatable bonds is 5. The molecule has 0 aromatic carbocycles. The number of hydrogen-bond donors (Lipinski definition) is 0. The number of likely N-dealkylation sites (N-methyl/N-ethyl adjacent to an activating group) is 1. The standard InChI is InChI=1S/C12H15ClN2O3/c1-3-15(8-11(16)18-4-2)12(17)9-7-14-6-5-10(9)13/h5-7H,3-4,8H2,1-2H3. The summed E-state index contributed by atoms with van der Waals surface area (Å²) in [5.74, 6) is -0.767. The van der Waals surface area contributed by atoms with E-state index in [1.165, 1.54) is 23.4 Å². The highest BCUT2D eigenvalue weighted by Gasteiger charge is 2.20. The van der Waals surface area contributed by atoms with E-state index < -0.39 is 5.97 Å². The van der Waals surface area contributed by atoms with Gasteiger partial charge in [0, 0.05) is 18.9 Å². The Morgan fingerprint density at radius 2 is 2.17 bits per heavy atom. The van der Waals surface area contributed by atoms with Crippen LogP contribution in [0.1, 0.15) is 24.2 Å². The molecule has 0 atom stereocenters. The fourth-order valence-electron chi connectivity index (χ4n) is 1.39. The van der Waals surface area contributed by atoms with Crippen LogP contribution in [0.3, 0.4) is 0 Å². The Bertz CT molecular complexity index is 437. The normalized spacial score (nSPS) is 9.94. The van der Waals surface area contributed by atoms with E-state index in [-0.39, 0.29) is 24.6 Å². The molecule has 0 saturated carbocycles. The fourth-order valence-corrected chi connectivity index (χ4v) is 1.58. The molecule has 1 heterocycles. The highest BCUT2D eigenvalue weighted by atomic mass is 35.5. The van der Waals surface area contributed by atoms with Gasteiger partial charge in [-0.15, -0.1) is 0 Å². The topological polar surface area (TPSA) is 59.5 Å². The number of ether oxygens (including phenoxy) is 1. The predicted molar refractivity (Wildman–Crippen MR) is 67.5 cm³/mol. The molecule has 0 fully saturated rings. The van der Waals surface area contributed by atoms with Crippen LogP contribution in [-0.2, 0) is 9.53 Å². The van der Waals surface area contributed by atoms with Gasteiger partial charge in [0.2, 0.25) is 0 Å². The molecule has 5 nitrogen and oxygen atoms in total. The van der Waals surface area contributed by atoms with E-state index in [1.54, 1.807) is 13.8 Å². The van der Waals surface area contributed by atoms with Crippen molar-refractivity contribution in [1.29, 1.82) is 0 Å². The number of esters is 1. The lowest BCUT2D eigenvalue weighted by molar-refractivity contribution is -0.143. The molecule has 0 spiro atoms. The summed E-state index contributed by atoms with van der Waals surface area (Å²) in [7, 11) is 0. The van der Waals surface area contributed by atoms with Crippen molar-refractivity contribution in [2.24, 2.45) is 0 Å². The van der Waals surface area contributed by atoms with Crippen molar-refractivity contribution in [3.05, 3.63) is 29.0 Å². The zero-order valence-corrected chi connectivity index (χ0v) is 11.1. The van der Waals surface area contributed by atoms with E-state index in [4.69, 9.17) is 16.3 Å². The second-order valence-electron chi connectivity index (χ2n) is 3.48. The van der Waals surface area contributed by atoms with Gasteiger partial charge < -0.3 is 9.64 Å². The Morgan fingerprint density at radius 1 is 1.44 bits per heavy atom. The van der Waals surface area contributed by atoms with E-state index in [9.17, 15) is 9.59 Å². The first-order valence-electron chi connectivity index (χ1n) is 5.64. The van der Waals surface area contributed by atoms with Gasteiger partial charge in [0.25, 0.3) is 5.91 Å². The molecule has 1 aromatic rings. The van der Waals surface area contributed by atoms with Crippen molar-refractivity contribution in [2.75, 3.05) is 19.7 Å². The number of nitrogens with zero attached hydrogens (tertiary/aromatic N) is 2.